The molecule has 102 valence electrons. The van der Waals surface area contributed by atoms with Gasteiger partial charge in [0.1, 0.15) is 5.02 Å². The molecule has 0 aromatic heterocycles. The van der Waals surface area contributed by atoms with Crippen molar-refractivity contribution in [2.75, 3.05) is 6.61 Å². The molecule has 0 fully saturated rings. The smallest absolute Gasteiger partial charge is 0.333 e. The van der Waals surface area contributed by atoms with E-state index in [-0.39, 0.29) is 17.3 Å². The number of nitrogens with zero attached hydrogens (tertiary/aromatic N) is 1. The van der Waals surface area contributed by atoms with Gasteiger partial charge in [-0.2, -0.15) is 0 Å². The van der Waals surface area contributed by atoms with Crippen LogP contribution >= 0.6 is 11.6 Å². The van der Waals surface area contributed by atoms with Gasteiger partial charge in [-0.05, 0) is 31.1 Å². The first-order chi connectivity index (χ1) is 8.99. The normalized spacial score (nSPS) is 11.2. The molecule has 0 spiro atoms. The van der Waals surface area contributed by atoms with Crippen LogP contribution in [0.25, 0.3) is 6.08 Å². The second-order valence-electron chi connectivity index (χ2n) is 3.71. The maximum atomic E-state index is 11.6. The van der Waals surface area contributed by atoms with Crippen LogP contribution in [0.15, 0.2) is 23.8 Å². The molecule has 0 bridgehead atoms. The van der Waals surface area contributed by atoms with E-state index in [9.17, 15) is 14.9 Å². The fraction of sp³-hybridized carbons (Fsp3) is 0.308. The topological polar surface area (TPSA) is 69.4 Å². The maximum Gasteiger partial charge on any atom is 0.333 e. The third-order valence-corrected chi connectivity index (χ3v) is 2.75. The number of benzene rings is 1. The Labute approximate surface area is 116 Å². The average Bonchev–Trinajstić information content (AvgIpc) is 2.37. The summed E-state index contributed by atoms with van der Waals surface area (Å²) in [7, 11) is 0. The molecule has 1 aromatic carbocycles. The maximum absolute atomic E-state index is 11.6. The summed E-state index contributed by atoms with van der Waals surface area (Å²) in [5, 5.41) is 10.8. The van der Waals surface area contributed by atoms with E-state index in [4.69, 9.17) is 16.3 Å². The molecule has 0 heterocycles. The fourth-order valence-electron chi connectivity index (χ4n) is 1.49. The summed E-state index contributed by atoms with van der Waals surface area (Å²) < 4.78 is 4.90. The molecule has 0 radical (unpaired) electrons. The van der Waals surface area contributed by atoms with Crippen molar-refractivity contribution in [3.8, 4) is 0 Å². The number of nitro benzene ring substituents is 1. The first-order valence-electron chi connectivity index (χ1n) is 5.81. The van der Waals surface area contributed by atoms with Crippen LogP contribution < -0.4 is 0 Å². The Bertz CT molecular complexity index is 525. The third kappa shape index (κ3) is 4.06. The van der Waals surface area contributed by atoms with Gasteiger partial charge in [-0.15, -0.1) is 0 Å². The van der Waals surface area contributed by atoms with E-state index in [0.717, 1.165) is 0 Å². The van der Waals surface area contributed by atoms with Crippen LogP contribution in [0.1, 0.15) is 25.8 Å². The fourth-order valence-corrected chi connectivity index (χ4v) is 1.68. The molecule has 0 amide bonds. The number of nitro groups is 1. The number of carbonyl (C=O) groups is 1. The van der Waals surface area contributed by atoms with Crippen LogP contribution in [0.3, 0.4) is 0 Å². The van der Waals surface area contributed by atoms with Crippen molar-refractivity contribution < 1.29 is 14.5 Å². The van der Waals surface area contributed by atoms with Crippen molar-refractivity contribution in [1.82, 2.24) is 0 Å². The highest BCUT2D eigenvalue weighted by Gasteiger charge is 2.13. The largest absolute Gasteiger partial charge is 0.463 e. The van der Waals surface area contributed by atoms with E-state index in [2.05, 4.69) is 0 Å². The second-order valence-corrected chi connectivity index (χ2v) is 4.12. The molecule has 6 heteroatoms. The Morgan fingerprint density at radius 3 is 2.68 bits per heavy atom. The Morgan fingerprint density at radius 2 is 2.16 bits per heavy atom. The SMILES string of the molecule is CCOC(=O)/C(=C/c1ccc(Cl)c([N+](=O)[O-])c1)CC. The zero-order chi connectivity index (χ0) is 14.4. The molecule has 0 saturated heterocycles. The van der Waals surface area contributed by atoms with Crippen molar-refractivity contribution >= 4 is 29.3 Å². The zero-order valence-electron chi connectivity index (χ0n) is 10.7. The molecule has 0 atom stereocenters. The first kappa shape index (κ1) is 15.2. The predicted molar refractivity (Wildman–Crippen MR) is 73.0 cm³/mol. The minimum atomic E-state index is -0.560. The van der Waals surface area contributed by atoms with E-state index >= 15 is 0 Å². The molecule has 0 N–H and O–H groups in total. The van der Waals surface area contributed by atoms with Crippen LogP contribution in [0.5, 0.6) is 0 Å². The Kier molecular flexibility index (Phi) is 5.51. The molecule has 5 nitrogen and oxygen atoms in total. The monoisotopic (exact) mass is 283 g/mol. The van der Waals surface area contributed by atoms with Crippen molar-refractivity contribution in [3.05, 3.63) is 44.5 Å². The van der Waals surface area contributed by atoms with Gasteiger partial charge in [0.25, 0.3) is 5.69 Å². The second kappa shape index (κ2) is 6.89. The zero-order valence-corrected chi connectivity index (χ0v) is 11.4. The minimum absolute atomic E-state index is 0.0660. The van der Waals surface area contributed by atoms with Gasteiger partial charge in [-0.25, -0.2) is 4.79 Å². The molecule has 0 aliphatic heterocycles. The molecule has 19 heavy (non-hydrogen) atoms. The molecule has 1 rings (SSSR count). The number of hydrogen-bond donors (Lipinski definition) is 0. The quantitative estimate of drug-likeness (QED) is 0.358. The molecule has 0 saturated carbocycles. The lowest BCUT2D eigenvalue weighted by Gasteiger charge is -2.04. The Balaban J connectivity index is 3.12. The minimum Gasteiger partial charge on any atom is -0.463 e. The van der Waals surface area contributed by atoms with E-state index < -0.39 is 10.9 Å². The van der Waals surface area contributed by atoms with Gasteiger partial charge in [0.2, 0.25) is 0 Å². The summed E-state index contributed by atoms with van der Waals surface area (Å²) in [6.45, 7) is 3.82. The number of ether oxygens (including phenoxy) is 1. The summed E-state index contributed by atoms with van der Waals surface area (Å²) in [5.41, 5.74) is 0.814. The van der Waals surface area contributed by atoms with Gasteiger partial charge in [-0.3, -0.25) is 10.1 Å². The van der Waals surface area contributed by atoms with Gasteiger partial charge in [0.15, 0.2) is 0 Å². The number of hydrogen-bond acceptors (Lipinski definition) is 4. The van der Waals surface area contributed by atoms with Crippen molar-refractivity contribution in [2.24, 2.45) is 0 Å². The molecule has 0 unspecified atom stereocenters. The number of halogens is 1. The highest BCUT2D eigenvalue weighted by molar-refractivity contribution is 6.32. The molecule has 0 aliphatic rings. The van der Waals surface area contributed by atoms with Crippen LogP contribution in [0, 0.1) is 10.1 Å². The van der Waals surface area contributed by atoms with E-state index in [0.29, 0.717) is 17.6 Å². The molecular formula is C13H14ClNO4. The average molecular weight is 284 g/mol. The number of esters is 1. The highest BCUT2D eigenvalue weighted by Crippen LogP contribution is 2.26. The van der Waals surface area contributed by atoms with E-state index in [1.54, 1.807) is 19.1 Å². The van der Waals surface area contributed by atoms with Crippen LogP contribution in [-0.4, -0.2) is 17.5 Å². The summed E-state index contributed by atoms with van der Waals surface area (Å²) in [6, 6.07) is 4.38. The summed E-state index contributed by atoms with van der Waals surface area (Å²) in [6.07, 6.45) is 2.05. The van der Waals surface area contributed by atoms with Crippen LogP contribution in [0.4, 0.5) is 5.69 Å². The van der Waals surface area contributed by atoms with Crippen molar-refractivity contribution in [1.29, 1.82) is 0 Å². The lowest BCUT2D eigenvalue weighted by Crippen LogP contribution is -2.06. The Hall–Kier alpha value is -1.88. The van der Waals surface area contributed by atoms with E-state index in [1.807, 2.05) is 6.92 Å². The van der Waals surface area contributed by atoms with E-state index in [1.165, 1.54) is 12.1 Å². The lowest BCUT2D eigenvalue weighted by molar-refractivity contribution is -0.384. The molecule has 1 aromatic rings. The lowest BCUT2D eigenvalue weighted by atomic mass is 10.1. The standard InChI is InChI=1S/C13H14ClNO4/c1-3-10(13(16)19-4-2)7-9-5-6-11(14)12(8-9)15(17)18/h5-8H,3-4H2,1-2H3/b10-7+. The van der Waals surface area contributed by atoms with Crippen molar-refractivity contribution in [2.45, 2.75) is 20.3 Å². The summed E-state index contributed by atoms with van der Waals surface area (Å²) >= 11 is 5.72. The number of carbonyl (C=O) groups excluding carboxylic acids is 1. The van der Waals surface area contributed by atoms with Crippen molar-refractivity contribution in [3.63, 3.8) is 0 Å². The summed E-state index contributed by atoms with van der Waals surface area (Å²) in [5.74, 6) is -0.414. The highest BCUT2D eigenvalue weighted by atomic mass is 35.5. The van der Waals surface area contributed by atoms with Gasteiger partial charge in [0, 0.05) is 11.6 Å². The summed E-state index contributed by atoms with van der Waals surface area (Å²) in [4.78, 5) is 21.8. The van der Waals surface area contributed by atoms with Crippen LogP contribution in [-0.2, 0) is 9.53 Å². The first-order valence-corrected chi connectivity index (χ1v) is 6.19. The van der Waals surface area contributed by atoms with Gasteiger partial charge < -0.3 is 4.74 Å². The molecule has 0 aliphatic carbocycles. The Morgan fingerprint density at radius 1 is 1.47 bits per heavy atom. The van der Waals surface area contributed by atoms with Gasteiger partial charge >= 0.3 is 5.97 Å². The van der Waals surface area contributed by atoms with Crippen LogP contribution in [0.2, 0.25) is 5.02 Å². The molecular weight excluding hydrogens is 270 g/mol. The third-order valence-electron chi connectivity index (χ3n) is 2.43. The van der Waals surface area contributed by atoms with Gasteiger partial charge in [-0.1, -0.05) is 24.6 Å². The number of rotatable bonds is 5. The van der Waals surface area contributed by atoms with Gasteiger partial charge in [0.05, 0.1) is 11.5 Å². The predicted octanol–water partition coefficient (Wildman–Crippen LogP) is 3.60.